The number of pyridine rings is 1. The summed E-state index contributed by atoms with van der Waals surface area (Å²) < 4.78 is 12.8. The predicted molar refractivity (Wildman–Crippen MR) is 181 cm³/mol. The van der Waals surface area contributed by atoms with E-state index in [1.165, 1.54) is 0 Å². The van der Waals surface area contributed by atoms with E-state index in [0.29, 0.717) is 0 Å². The number of furan rings is 2. The SMILES string of the molecule is c1ccc(-c2cc(-c3ccccc3)nc(-c3cccc4c3oc3cccc(-c5ccc6oc7ccccc7c6c5)c34)c2)cc1. The fourth-order valence-corrected chi connectivity index (χ4v) is 6.41. The highest BCUT2D eigenvalue weighted by Gasteiger charge is 2.18. The van der Waals surface area contributed by atoms with Crippen LogP contribution in [-0.2, 0) is 0 Å². The summed E-state index contributed by atoms with van der Waals surface area (Å²) in [5, 5.41) is 4.39. The predicted octanol–water partition coefficient (Wildman–Crippen LogP) is 11.5. The molecule has 0 radical (unpaired) electrons. The summed E-state index contributed by atoms with van der Waals surface area (Å²) in [7, 11) is 0. The van der Waals surface area contributed by atoms with Gasteiger partial charge in [0.1, 0.15) is 22.3 Å². The summed E-state index contributed by atoms with van der Waals surface area (Å²) in [6.45, 7) is 0. The molecule has 3 nitrogen and oxygen atoms in total. The standard InChI is InChI=1S/C41H25NO2/c1-3-11-26(12-4-1)29-24-35(27-13-5-2-6-14-27)42-36(25-29)32-17-9-18-33-40-30(16-10-20-39(40)44-41(32)33)28-21-22-38-34(23-28)31-15-7-8-19-37(31)43-38/h1-25H. The second-order valence-electron chi connectivity index (χ2n) is 11.1. The van der Waals surface area contributed by atoms with Crippen LogP contribution in [0.25, 0.3) is 88.6 Å². The lowest BCUT2D eigenvalue weighted by molar-refractivity contribution is 0.669. The van der Waals surface area contributed by atoms with Crippen molar-refractivity contribution in [2.45, 2.75) is 0 Å². The average molecular weight is 564 g/mol. The van der Waals surface area contributed by atoms with E-state index in [2.05, 4.69) is 127 Å². The largest absolute Gasteiger partial charge is 0.456 e. The molecular weight excluding hydrogens is 538 g/mol. The van der Waals surface area contributed by atoms with Crippen LogP contribution in [0.4, 0.5) is 0 Å². The third kappa shape index (κ3) is 3.94. The van der Waals surface area contributed by atoms with Gasteiger partial charge in [0, 0.05) is 32.7 Å². The van der Waals surface area contributed by atoms with E-state index in [1.54, 1.807) is 0 Å². The number of hydrogen-bond acceptors (Lipinski definition) is 3. The van der Waals surface area contributed by atoms with E-state index in [4.69, 9.17) is 13.8 Å². The summed E-state index contributed by atoms with van der Waals surface area (Å²) in [5.74, 6) is 0. The maximum Gasteiger partial charge on any atom is 0.144 e. The van der Waals surface area contributed by atoms with Crippen molar-refractivity contribution >= 4 is 43.9 Å². The number of nitrogens with zero attached hydrogens (tertiary/aromatic N) is 1. The molecule has 0 saturated heterocycles. The highest BCUT2D eigenvalue weighted by Crippen LogP contribution is 2.42. The quantitative estimate of drug-likeness (QED) is 0.214. The maximum absolute atomic E-state index is 6.68. The maximum atomic E-state index is 6.68. The van der Waals surface area contributed by atoms with Gasteiger partial charge in [0.25, 0.3) is 0 Å². The van der Waals surface area contributed by atoms with Gasteiger partial charge >= 0.3 is 0 Å². The van der Waals surface area contributed by atoms with Gasteiger partial charge in [0.2, 0.25) is 0 Å². The van der Waals surface area contributed by atoms with Crippen molar-refractivity contribution in [3.8, 4) is 44.8 Å². The van der Waals surface area contributed by atoms with Crippen molar-refractivity contribution in [2.24, 2.45) is 0 Å². The van der Waals surface area contributed by atoms with Gasteiger partial charge in [-0.2, -0.15) is 0 Å². The molecule has 206 valence electrons. The minimum absolute atomic E-state index is 0.835. The van der Waals surface area contributed by atoms with Gasteiger partial charge in [0.05, 0.1) is 11.4 Å². The molecule has 0 aliphatic carbocycles. The molecular formula is C41H25NO2. The third-order valence-corrected chi connectivity index (χ3v) is 8.49. The van der Waals surface area contributed by atoms with E-state index < -0.39 is 0 Å². The van der Waals surface area contributed by atoms with Gasteiger partial charge in [-0.25, -0.2) is 4.98 Å². The number of hydrogen-bond donors (Lipinski definition) is 0. The lowest BCUT2D eigenvalue weighted by Crippen LogP contribution is -1.91. The molecule has 3 heteroatoms. The van der Waals surface area contributed by atoms with Gasteiger partial charge < -0.3 is 8.83 Å². The van der Waals surface area contributed by atoms with Crippen LogP contribution >= 0.6 is 0 Å². The lowest BCUT2D eigenvalue weighted by atomic mass is 9.96. The second kappa shape index (κ2) is 9.82. The second-order valence-corrected chi connectivity index (χ2v) is 11.1. The van der Waals surface area contributed by atoms with Crippen LogP contribution in [0.3, 0.4) is 0 Å². The highest BCUT2D eigenvalue weighted by molar-refractivity contribution is 6.16. The number of para-hydroxylation sites is 2. The van der Waals surface area contributed by atoms with Gasteiger partial charge in [-0.3, -0.25) is 0 Å². The van der Waals surface area contributed by atoms with Crippen molar-refractivity contribution in [1.29, 1.82) is 0 Å². The minimum atomic E-state index is 0.835. The van der Waals surface area contributed by atoms with Crippen molar-refractivity contribution in [1.82, 2.24) is 4.98 Å². The smallest absolute Gasteiger partial charge is 0.144 e. The Bertz CT molecular complexity index is 2430. The first kappa shape index (κ1) is 24.6. The molecule has 0 N–H and O–H groups in total. The Balaban J connectivity index is 1.27. The Hall–Kier alpha value is -5.93. The molecule has 0 atom stereocenters. The zero-order valence-electron chi connectivity index (χ0n) is 23.7. The molecule has 0 unspecified atom stereocenters. The van der Waals surface area contributed by atoms with E-state index in [0.717, 1.165) is 88.6 Å². The molecule has 0 saturated carbocycles. The van der Waals surface area contributed by atoms with E-state index in [1.807, 2.05) is 24.3 Å². The number of fused-ring (bicyclic) bond motifs is 6. The zero-order chi connectivity index (χ0) is 29.0. The summed E-state index contributed by atoms with van der Waals surface area (Å²) in [6.07, 6.45) is 0. The Labute approximate surface area is 253 Å². The first-order chi connectivity index (χ1) is 21.8. The molecule has 3 aromatic heterocycles. The van der Waals surface area contributed by atoms with Crippen LogP contribution in [0, 0.1) is 0 Å². The van der Waals surface area contributed by atoms with Crippen molar-refractivity contribution in [2.75, 3.05) is 0 Å². The molecule has 44 heavy (non-hydrogen) atoms. The Morgan fingerprint density at radius 1 is 0.364 bits per heavy atom. The van der Waals surface area contributed by atoms with Gasteiger partial charge in [0.15, 0.2) is 0 Å². The van der Waals surface area contributed by atoms with Gasteiger partial charge in [-0.15, -0.1) is 0 Å². The fourth-order valence-electron chi connectivity index (χ4n) is 6.41. The number of benzene rings is 6. The van der Waals surface area contributed by atoms with Gasteiger partial charge in [-0.05, 0) is 64.7 Å². The van der Waals surface area contributed by atoms with Gasteiger partial charge in [-0.1, -0.05) is 109 Å². The van der Waals surface area contributed by atoms with E-state index in [-0.39, 0.29) is 0 Å². The minimum Gasteiger partial charge on any atom is -0.456 e. The van der Waals surface area contributed by atoms with E-state index in [9.17, 15) is 0 Å². The normalized spacial score (nSPS) is 11.6. The molecule has 0 amide bonds. The average Bonchev–Trinajstić information content (AvgIpc) is 3.67. The number of rotatable bonds is 4. The van der Waals surface area contributed by atoms with Crippen molar-refractivity contribution < 1.29 is 8.83 Å². The summed E-state index contributed by atoms with van der Waals surface area (Å²) in [6, 6.07) is 52.5. The molecule has 6 aromatic carbocycles. The molecule has 0 spiro atoms. The lowest BCUT2D eigenvalue weighted by Gasteiger charge is -2.10. The Morgan fingerprint density at radius 2 is 1.02 bits per heavy atom. The first-order valence-corrected chi connectivity index (χ1v) is 14.8. The Morgan fingerprint density at radius 3 is 1.89 bits per heavy atom. The molecule has 0 aliphatic rings. The van der Waals surface area contributed by atoms with Crippen LogP contribution in [0.15, 0.2) is 160 Å². The summed E-state index contributed by atoms with van der Waals surface area (Å²) in [4.78, 5) is 5.19. The molecule has 9 rings (SSSR count). The Kier molecular flexibility index (Phi) is 5.50. The highest BCUT2D eigenvalue weighted by atomic mass is 16.3. The summed E-state index contributed by atoms with van der Waals surface area (Å²) >= 11 is 0. The monoisotopic (exact) mass is 563 g/mol. The molecule has 0 aliphatic heterocycles. The van der Waals surface area contributed by atoms with Crippen LogP contribution in [0.5, 0.6) is 0 Å². The summed E-state index contributed by atoms with van der Waals surface area (Å²) in [5.41, 5.74) is 11.8. The molecule has 0 fully saturated rings. The fraction of sp³-hybridized carbons (Fsp3) is 0. The molecule has 0 bridgehead atoms. The van der Waals surface area contributed by atoms with Crippen molar-refractivity contribution in [3.05, 3.63) is 152 Å². The molecule has 3 heterocycles. The van der Waals surface area contributed by atoms with Crippen LogP contribution in [0.2, 0.25) is 0 Å². The van der Waals surface area contributed by atoms with Crippen LogP contribution in [-0.4, -0.2) is 4.98 Å². The van der Waals surface area contributed by atoms with Crippen molar-refractivity contribution in [3.63, 3.8) is 0 Å². The van der Waals surface area contributed by atoms with Crippen LogP contribution < -0.4 is 0 Å². The van der Waals surface area contributed by atoms with Crippen LogP contribution in [0.1, 0.15) is 0 Å². The topological polar surface area (TPSA) is 39.2 Å². The van der Waals surface area contributed by atoms with E-state index >= 15 is 0 Å². The number of aromatic nitrogens is 1. The first-order valence-electron chi connectivity index (χ1n) is 14.8. The third-order valence-electron chi connectivity index (χ3n) is 8.49. The molecule has 9 aromatic rings. The zero-order valence-corrected chi connectivity index (χ0v) is 23.7.